The second-order valence-corrected chi connectivity index (χ2v) is 5.62. The standard InChI is InChI=1S/C18H20N2O4/c1-23-12-24-16-7-8-17(20-10-9-15(21)18(20)22)19-14(16)11-13-5-3-2-4-6-13/h2-8,15,21H,9-12H2,1H3/t15-/m1/s1. The van der Waals surface area contributed by atoms with Crippen molar-refractivity contribution < 1.29 is 19.4 Å². The molecular weight excluding hydrogens is 308 g/mol. The van der Waals surface area contributed by atoms with Crippen molar-refractivity contribution in [3.8, 4) is 5.75 Å². The minimum absolute atomic E-state index is 0.129. The molecule has 1 atom stereocenters. The molecule has 1 N–H and O–H groups in total. The zero-order valence-corrected chi connectivity index (χ0v) is 13.5. The zero-order chi connectivity index (χ0) is 16.9. The number of rotatable bonds is 6. The van der Waals surface area contributed by atoms with Crippen LogP contribution in [0.5, 0.6) is 5.75 Å². The van der Waals surface area contributed by atoms with E-state index in [0.29, 0.717) is 31.0 Å². The van der Waals surface area contributed by atoms with Gasteiger partial charge < -0.3 is 14.6 Å². The molecule has 0 bridgehead atoms. The first-order valence-electron chi connectivity index (χ1n) is 7.84. The fraction of sp³-hybridized carbons (Fsp3) is 0.333. The Hall–Kier alpha value is -2.44. The number of carbonyl (C=O) groups is 1. The summed E-state index contributed by atoms with van der Waals surface area (Å²) in [6.45, 7) is 0.597. The van der Waals surface area contributed by atoms with E-state index in [1.54, 1.807) is 19.2 Å². The predicted molar refractivity (Wildman–Crippen MR) is 89.0 cm³/mol. The van der Waals surface area contributed by atoms with E-state index in [1.807, 2.05) is 30.3 Å². The van der Waals surface area contributed by atoms with Crippen molar-refractivity contribution in [2.45, 2.75) is 18.9 Å². The predicted octanol–water partition coefficient (Wildman–Crippen LogP) is 1.75. The summed E-state index contributed by atoms with van der Waals surface area (Å²) in [5, 5.41) is 9.64. The van der Waals surface area contributed by atoms with Gasteiger partial charge in [0, 0.05) is 26.5 Å². The zero-order valence-electron chi connectivity index (χ0n) is 13.5. The van der Waals surface area contributed by atoms with E-state index >= 15 is 0 Å². The third kappa shape index (κ3) is 3.55. The van der Waals surface area contributed by atoms with Crippen LogP contribution in [0.25, 0.3) is 0 Å². The third-order valence-corrected chi connectivity index (χ3v) is 3.92. The fourth-order valence-corrected chi connectivity index (χ4v) is 2.69. The summed E-state index contributed by atoms with van der Waals surface area (Å²) in [5.74, 6) is 0.850. The molecule has 0 radical (unpaired) electrons. The van der Waals surface area contributed by atoms with Gasteiger partial charge in [-0.05, 0) is 17.7 Å². The van der Waals surface area contributed by atoms with Gasteiger partial charge >= 0.3 is 0 Å². The number of pyridine rings is 1. The normalized spacial score (nSPS) is 17.3. The van der Waals surface area contributed by atoms with Gasteiger partial charge in [-0.25, -0.2) is 4.98 Å². The topological polar surface area (TPSA) is 71.9 Å². The van der Waals surface area contributed by atoms with E-state index in [1.165, 1.54) is 4.90 Å². The lowest BCUT2D eigenvalue weighted by molar-refractivity contribution is -0.124. The van der Waals surface area contributed by atoms with Crippen molar-refractivity contribution in [2.75, 3.05) is 25.3 Å². The van der Waals surface area contributed by atoms with Gasteiger partial charge in [0.15, 0.2) is 6.79 Å². The smallest absolute Gasteiger partial charge is 0.257 e. The van der Waals surface area contributed by atoms with E-state index in [9.17, 15) is 9.90 Å². The first-order chi connectivity index (χ1) is 11.7. The Labute approximate surface area is 140 Å². The molecular formula is C18H20N2O4. The highest BCUT2D eigenvalue weighted by Gasteiger charge is 2.31. The number of aromatic nitrogens is 1. The fourth-order valence-electron chi connectivity index (χ4n) is 2.69. The summed E-state index contributed by atoms with van der Waals surface area (Å²) in [6.07, 6.45) is 0.0724. The Bertz CT molecular complexity index is 705. The maximum Gasteiger partial charge on any atom is 0.257 e. The lowest BCUT2D eigenvalue weighted by Gasteiger charge is -2.18. The van der Waals surface area contributed by atoms with Crippen molar-refractivity contribution in [2.24, 2.45) is 0 Å². The number of hydrogen-bond acceptors (Lipinski definition) is 5. The molecule has 1 fully saturated rings. The number of ether oxygens (including phenoxy) is 2. The Kier molecular flexibility index (Phi) is 5.08. The van der Waals surface area contributed by atoms with Crippen molar-refractivity contribution >= 4 is 11.7 Å². The van der Waals surface area contributed by atoms with Crippen LogP contribution in [0.3, 0.4) is 0 Å². The highest BCUT2D eigenvalue weighted by Crippen LogP contribution is 2.26. The van der Waals surface area contributed by atoms with E-state index in [0.717, 1.165) is 11.3 Å². The number of methoxy groups -OCH3 is 1. The second kappa shape index (κ2) is 7.42. The number of carbonyl (C=O) groups excluding carboxylic acids is 1. The number of hydrogen-bond donors (Lipinski definition) is 1. The van der Waals surface area contributed by atoms with Gasteiger partial charge in [0.1, 0.15) is 17.7 Å². The largest absolute Gasteiger partial charge is 0.466 e. The SMILES string of the molecule is COCOc1ccc(N2CC[C@@H](O)C2=O)nc1Cc1ccccc1. The first-order valence-corrected chi connectivity index (χ1v) is 7.84. The molecule has 1 aromatic heterocycles. The summed E-state index contributed by atoms with van der Waals surface area (Å²) >= 11 is 0. The first kappa shape index (κ1) is 16.4. The van der Waals surface area contributed by atoms with Crippen LogP contribution in [0, 0.1) is 0 Å². The van der Waals surface area contributed by atoms with E-state index < -0.39 is 6.10 Å². The van der Waals surface area contributed by atoms with Crippen LogP contribution in [0.15, 0.2) is 42.5 Å². The number of nitrogens with zero attached hydrogens (tertiary/aromatic N) is 2. The van der Waals surface area contributed by atoms with Gasteiger partial charge in [-0.3, -0.25) is 9.69 Å². The molecule has 1 saturated heterocycles. The summed E-state index contributed by atoms with van der Waals surface area (Å²) in [5.41, 5.74) is 1.82. The molecule has 2 heterocycles. The van der Waals surface area contributed by atoms with Crippen LogP contribution in [-0.4, -0.2) is 42.5 Å². The molecule has 1 aliphatic rings. The number of aliphatic hydroxyl groups excluding tert-OH is 1. The number of benzene rings is 1. The summed E-state index contributed by atoms with van der Waals surface area (Å²) in [6, 6.07) is 13.4. The molecule has 0 saturated carbocycles. The molecule has 3 rings (SSSR count). The second-order valence-electron chi connectivity index (χ2n) is 5.62. The summed E-state index contributed by atoms with van der Waals surface area (Å²) < 4.78 is 10.6. The van der Waals surface area contributed by atoms with Gasteiger partial charge in [-0.1, -0.05) is 30.3 Å². The average molecular weight is 328 g/mol. The van der Waals surface area contributed by atoms with Gasteiger partial charge in [-0.2, -0.15) is 0 Å². The minimum atomic E-state index is -0.936. The summed E-state index contributed by atoms with van der Waals surface area (Å²) in [4.78, 5) is 18.1. The van der Waals surface area contributed by atoms with Crippen molar-refractivity contribution in [1.82, 2.24) is 4.98 Å². The van der Waals surface area contributed by atoms with E-state index in [-0.39, 0.29) is 12.7 Å². The number of aliphatic hydroxyl groups is 1. The Balaban J connectivity index is 1.90. The average Bonchev–Trinajstić information content (AvgIpc) is 2.94. The highest BCUT2D eigenvalue weighted by atomic mass is 16.7. The Morgan fingerprint density at radius 1 is 1.25 bits per heavy atom. The maximum absolute atomic E-state index is 12.0. The van der Waals surface area contributed by atoms with Gasteiger partial charge in [0.05, 0.1) is 5.69 Å². The molecule has 1 aliphatic heterocycles. The van der Waals surface area contributed by atoms with Crippen molar-refractivity contribution in [3.63, 3.8) is 0 Å². The van der Waals surface area contributed by atoms with Gasteiger partial charge in [0.2, 0.25) is 0 Å². The van der Waals surface area contributed by atoms with Crippen LogP contribution in [0.1, 0.15) is 17.7 Å². The van der Waals surface area contributed by atoms with Crippen LogP contribution < -0.4 is 9.64 Å². The molecule has 24 heavy (non-hydrogen) atoms. The number of anilines is 1. The molecule has 0 spiro atoms. The molecule has 1 aromatic carbocycles. The quantitative estimate of drug-likeness (QED) is 0.818. The molecule has 0 aliphatic carbocycles. The third-order valence-electron chi connectivity index (χ3n) is 3.92. The molecule has 6 nitrogen and oxygen atoms in total. The Morgan fingerprint density at radius 3 is 2.71 bits per heavy atom. The minimum Gasteiger partial charge on any atom is -0.466 e. The van der Waals surface area contributed by atoms with Gasteiger partial charge in [-0.15, -0.1) is 0 Å². The number of amides is 1. The Morgan fingerprint density at radius 2 is 2.04 bits per heavy atom. The molecule has 2 aromatic rings. The summed E-state index contributed by atoms with van der Waals surface area (Å²) in [7, 11) is 1.56. The molecule has 1 amide bonds. The van der Waals surface area contributed by atoms with Gasteiger partial charge in [0.25, 0.3) is 5.91 Å². The highest BCUT2D eigenvalue weighted by molar-refractivity contribution is 5.97. The monoisotopic (exact) mass is 328 g/mol. The van der Waals surface area contributed by atoms with E-state index in [4.69, 9.17) is 9.47 Å². The molecule has 126 valence electrons. The van der Waals surface area contributed by atoms with Crippen LogP contribution in [0.2, 0.25) is 0 Å². The maximum atomic E-state index is 12.0. The van der Waals surface area contributed by atoms with Crippen molar-refractivity contribution in [1.29, 1.82) is 0 Å². The van der Waals surface area contributed by atoms with Crippen LogP contribution in [0.4, 0.5) is 5.82 Å². The molecule has 0 unspecified atom stereocenters. The van der Waals surface area contributed by atoms with Crippen molar-refractivity contribution in [3.05, 3.63) is 53.7 Å². The van der Waals surface area contributed by atoms with E-state index in [2.05, 4.69) is 4.98 Å². The lowest BCUT2D eigenvalue weighted by atomic mass is 10.1. The van der Waals surface area contributed by atoms with Crippen LogP contribution >= 0.6 is 0 Å². The van der Waals surface area contributed by atoms with Crippen LogP contribution in [-0.2, 0) is 16.0 Å². The molecule has 6 heteroatoms. The lowest BCUT2D eigenvalue weighted by Crippen LogP contribution is -2.30.